The van der Waals surface area contributed by atoms with Crippen LogP contribution < -0.4 is 5.32 Å². The molecule has 1 aromatic carbocycles. The van der Waals surface area contributed by atoms with E-state index in [4.69, 9.17) is 4.42 Å². The summed E-state index contributed by atoms with van der Waals surface area (Å²) in [7, 11) is 0. The van der Waals surface area contributed by atoms with Crippen LogP contribution in [-0.2, 0) is 4.79 Å². The Kier molecular flexibility index (Phi) is 4.57. The van der Waals surface area contributed by atoms with Gasteiger partial charge in [0.05, 0.1) is 5.25 Å². The molecule has 0 saturated heterocycles. The summed E-state index contributed by atoms with van der Waals surface area (Å²) in [5.41, 5.74) is 0.868. The first-order chi connectivity index (χ1) is 9.20. The molecule has 2 rings (SSSR count). The minimum atomic E-state index is -0.260. The second-order valence-corrected chi connectivity index (χ2v) is 5.19. The molecule has 1 N–H and O–H groups in total. The number of carbonyl (C=O) groups excluding carboxylic acids is 1. The lowest BCUT2D eigenvalue weighted by Crippen LogP contribution is -2.30. The summed E-state index contributed by atoms with van der Waals surface area (Å²) in [6.45, 7) is 4.31. The highest BCUT2D eigenvalue weighted by molar-refractivity contribution is 8.00. The number of rotatable bonds is 5. The zero-order chi connectivity index (χ0) is 13.7. The molecule has 0 aliphatic heterocycles. The van der Waals surface area contributed by atoms with Crippen LogP contribution in [0.3, 0.4) is 0 Å². The summed E-state index contributed by atoms with van der Waals surface area (Å²) in [5, 5.41) is 10.8. The van der Waals surface area contributed by atoms with Gasteiger partial charge >= 0.3 is 0 Å². The van der Waals surface area contributed by atoms with Crippen molar-refractivity contribution in [2.24, 2.45) is 0 Å². The highest BCUT2D eigenvalue weighted by Gasteiger charge is 2.17. The minimum Gasteiger partial charge on any atom is -0.411 e. The minimum absolute atomic E-state index is 0.0352. The van der Waals surface area contributed by atoms with E-state index in [1.165, 1.54) is 11.8 Å². The fraction of sp³-hybridized carbons (Fsp3) is 0.308. The van der Waals surface area contributed by atoms with Crippen molar-refractivity contribution in [2.45, 2.75) is 24.3 Å². The normalized spacial score (nSPS) is 12.1. The predicted octanol–water partition coefficient (Wildman–Crippen LogP) is 2.35. The van der Waals surface area contributed by atoms with Crippen molar-refractivity contribution in [1.29, 1.82) is 0 Å². The topological polar surface area (TPSA) is 68.0 Å². The van der Waals surface area contributed by atoms with E-state index in [1.807, 2.05) is 44.2 Å². The fourth-order valence-electron chi connectivity index (χ4n) is 1.48. The quantitative estimate of drug-likeness (QED) is 0.850. The number of aromatic nitrogens is 2. The highest BCUT2D eigenvalue weighted by Crippen LogP contribution is 2.25. The Balaban J connectivity index is 2.04. The van der Waals surface area contributed by atoms with E-state index in [9.17, 15) is 4.79 Å². The van der Waals surface area contributed by atoms with Crippen LogP contribution >= 0.6 is 11.8 Å². The first-order valence-electron chi connectivity index (χ1n) is 6.04. The van der Waals surface area contributed by atoms with Gasteiger partial charge in [0.2, 0.25) is 11.8 Å². The Hall–Kier alpha value is -1.82. The van der Waals surface area contributed by atoms with E-state index in [1.54, 1.807) is 0 Å². The second-order valence-electron chi connectivity index (χ2n) is 3.89. The van der Waals surface area contributed by atoms with E-state index in [-0.39, 0.29) is 11.2 Å². The number of thioether (sulfide) groups is 1. The molecule has 1 heterocycles. The molecule has 19 heavy (non-hydrogen) atoms. The fourth-order valence-corrected chi connectivity index (χ4v) is 2.19. The SMILES string of the molecule is CCNC(=O)C(C)Sc1nnc(-c2ccccc2)o1. The Bertz CT molecular complexity index is 542. The molecule has 5 nitrogen and oxygen atoms in total. The largest absolute Gasteiger partial charge is 0.411 e. The Morgan fingerprint density at radius 2 is 2.11 bits per heavy atom. The summed E-state index contributed by atoms with van der Waals surface area (Å²) in [6, 6.07) is 9.53. The van der Waals surface area contributed by atoms with Gasteiger partial charge in [-0.3, -0.25) is 4.79 Å². The summed E-state index contributed by atoms with van der Waals surface area (Å²) in [5.74, 6) is 0.429. The average Bonchev–Trinajstić information content (AvgIpc) is 2.88. The number of carbonyl (C=O) groups is 1. The van der Waals surface area contributed by atoms with Gasteiger partial charge in [-0.05, 0) is 26.0 Å². The van der Waals surface area contributed by atoms with E-state index in [2.05, 4.69) is 15.5 Å². The number of nitrogens with zero attached hydrogens (tertiary/aromatic N) is 2. The summed E-state index contributed by atoms with van der Waals surface area (Å²) in [4.78, 5) is 11.6. The van der Waals surface area contributed by atoms with Crippen molar-refractivity contribution in [2.75, 3.05) is 6.54 Å². The lowest BCUT2D eigenvalue weighted by molar-refractivity contribution is -0.120. The van der Waals surface area contributed by atoms with Crippen molar-refractivity contribution >= 4 is 17.7 Å². The molecule has 0 bridgehead atoms. The van der Waals surface area contributed by atoms with Gasteiger partial charge in [0.15, 0.2) is 0 Å². The molecule has 0 radical (unpaired) electrons. The van der Waals surface area contributed by atoms with Crippen LogP contribution in [-0.4, -0.2) is 27.9 Å². The third-order valence-corrected chi connectivity index (χ3v) is 3.36. The predicted molar refractivity (Wildman–Crippen MR) is 73.7 cm³/mol. The summed E-state index contributed by atoms with van der Waals surface area (Å²) < 4.78 is 5.53. The second kappa shape index (κ2) is 6.38. The molecule has 0 aliphatic rings. The standard InChI is InChI=1S/C13H15N3O2S/c1-3-14-11(17)9(2)19-13-16-15-12(18-13)10-7-5-4-6-8-10/h4-9H,3H2,1-2H3,(H,14,17). The van der Waals surface area contributed by atoms with Crippen LogP contribution in [0, 0.1) is 0 Å². The molecule has 1 aromatic heterocycles. The Labute approximate surface area is 115 Å². The maximum atomic E-state index is 11.6. The van der Waals surface area contributed by atoms with Gasteiger partial charge in [-0.25, -0.2) is 0 Å². The van der Waals surface area contributed by atoms with Crippen LogP contribution in [0.25, 0.3) is 11.5 Å². The third-order valence-electron chi connectivity index (χ3n) is 2.43. The lowest BCUT2D eigenvalue weighted by Gasteiger charge is -2.07. The van der Waals surface area contributed by atoms with Crippen LogP contribution in [0.1, 0.15) is 13.8 Å². The van der Waals surface area contributed by atoms with Gasteiger partial charge in [-0.1, -0.05) is 30.0 Å². The van der Waals surface area contributed by atoms with Crippen molar-refractivity contribution in [3.05, 3.63) is 30.3 Å². The smallest absolute Gasteiger partial charge is 0.277 e. The van der Waals surface area contributed by atoms with E-state index >= 15 is 0 Å². The number of hydrogen-bond acceptors (Lipinski definition) is 5. The lowest BCUT2D eigenvalue weighted by atomic mass is 10.2. The van der Waals surface area contributed by atoms with Crippen LogP contribution in [0.5, 0.6) is 0 Å². The maximum Gasteiger partial charge on any atom is 0.277 e. The number of amides is 1. The molecule has 0 fully saturated rings. The van der Waals surface area contributed by atoms with Gasteiger partial charge in [-0.15, -0.1) is 10.2 Å². The molecule has 0 saturated carbocycles. The van der Waals surface area contributed by atoms with E-state index in [0.717, 1.165) is 5.56 Å². The van der Waals surface area contributed by atoms with Gasteiger partial charge in [0.25, 0.3) is 5.22 Å². The van der Waals surface area contributed by atoms with Crippen molar-refractivity contribution in [3.63, 3.8) is 0 Å². The average molecular weight is 277 g/mol. The summed E-state index contributed by atoms with van der Waals surface area (Å²) in [6.07, 6.45) is 0. The van der Waals surface area contributed by atoms with E-state index < -0.39 is 0 Å². The maximum absolute atomic E-state index is 11.6. The summed E-state index contributed by atoms with van der Waals surface area (Å²) >= 11 is 1.25. The van der Waals surface area contributed by atoms with Crippen LogP contribution in [0.4, 0.5) is 0 Å². The molecular formula is C13H15N3O2S. The van der Waals surface area contributed by atoms with Crippen molar-refractivity contribution in [1.82, 2.24) is 15.5 Å². The molecule has 1 atom stereocenters. The monoisotopic (exact) mass is 277 g/mol. The molecule has 0 spiro atoms. The number of hydrogen-bond donors (Lipinski definition) is 1. The molecule has 1 amide bonds. The third kappa shape index (κ3) is 3.57. The number of benzene rings is 1. The van der Waals surface area contributed by atoms with Crippen molar-refractivity contribution in [3.8, 4) is 11.5 Å². The van der Waals surface area contributed by atoms with Gasteiger partial charge in [-0.2, -0.15) is 0 Å². The molecule has 2 aromatic rings. The van der Waals surface area contributed by atoms with Gasteiger partial charge < -0.3 is 9.73 Å². The van der Waals surface area contributed by atoms with Crippen molar-refractivity contribution < 1.29 is 9.21 Å². The van der Waals surface area contributed by atoms with Gasteiger partial charge in [0.1, 0.15) is 0 Å². The number of nitrogens with one attached hydrogen (secondary N) is 1. The zero-order valence-electron chi connectivity index (χ0n) is 10.8. The zero-order valence-corrected chi connectivity index (χ0v) is 11.6. The Morgan fingerprint density at radius 3 is 2.79 bits per heavy atom. The Morgan fingerprint density at radius 1 is 1.37 bits per heavy atom. The molecule has 0 aliphatic carbocycles. The van der Waals surface area contributed by atoms with Gasteiger partial charge in [0, 0.05) is 12.1 Å². The van der Waals surface area contributed by atoms with Crippen LogP contribution in [0.2, 0.25) is 0 Å². The first kappa shape index (κ1) is 13.6. The molecule has 6 heteroatoms. The first-order valence-corrected chi connectivity index (χ1v) is 6.92. The molecular weight excluding hydrogens is 262 g/mol. The highest BCUT2D eigenvalue weighted by atomic mass is 32.2. The van der Waals surface area contributed by atoms with E-state index in [0.29, 0.717) is 17.7 Å². The molecule has 100 valence electrons. The van der Waals surface area contributed by atoms with Crippen LogP contribution in [0.15, 0.2) is 40.0 Å². The molecule has 1 unspecified atom stereocenters.